The number of hydrogen-bond acceptors (Lipinski definition) is 2. The maximum absolute atomic E-state index is 12.8. The Morgan fingerprint density at radius 2 is 1.90 bits per heavy atom. The van der Waals surface area contributed by atoms with Crippen LogP contribution in [0.5, 0.6) is 0 Å². The minimum atomic E-state index is -4.51. The molecule has 1 aliphatic carbocycles. The van der Waals surface area contributed by atoms with E-state index >= 15 is 0 Å². The van der Waals surface area contributed by atoms with Gasteiger partial charge in [-0.2, -0.15) is 13.2 Å². The van der Waals surface area contributed by atoms with Gasteiger partial charge in [-0.1, -0.05) is 12.1 Å². The van der Waals surface area contributed by atoms with Gasteiger partial charge >= 0.3 is 6.18 Å². The molecule has 0 unspecified atom stereocenters. The fourth-order valence-electron chi connectivity index (χ4n) is 1.91. The topological polar surface area (TPSA) is 41.1 Å². The summed E-state index contributed by atoms with van der Waals surface area (Å²) in [4.78, 5) is 11.8. The molecule has 1 amide bonds. The Balaban J connectivity index is 1.85. The first-order chi connectivity index (χ1) is 9.48. The number of halogens is 3. The Morgan fingerprint density at radius 3 is 2.55 bits per heavy atom. The van der Waals surface area contributed by atoms with Crippen molar-refractivity contribution in [2.75, 3.05) is 13.1 Å². The molecule has 1 aromatic carbocycles. The van der Waals surface area contributed by atoms with Crippen LogP contribution >= 0.6 is 0 Å². The molecule has 2 N–H and O–H groups in total. The van der Waals surface area contributed by atoms with E-state index in [1.165, 1.54) is 31.0 Å². The second-order valence-corrected chi connectivity index (χ2v) is 4.88. The molecule has 3 nitrogen and oxygen atoms in total. The molecule has 0 aromatic heterocycles. The van der Waals surface area contributed by atoms with Gasteiger partial charge in [-0.25, -0.2) is 0 Å². The largest absolute Gasteiger partial charge is 0.417 e. The lowest BCUT2D eigenvalue weighted by molar-refractivity contribution is -0.137. The zero-order chi connectivity index (χ0) is 14.6. The Kier molecular flexibility index (Phi) is 4.65. The second kappa shape index (κ2) is 6.26. The van der Waals surface area contributed by atoms with Crippen LogP contribution in [-0.4, -0.2) is 25.0 Å². The molecule has 1 saturated carbocycles. The lowest BCUT2D eigenvalue weighted by Gasteiger charge is -2.12. The van der Waals surface area contributed by atoms with Crippen LogP contribution in [0.3, 0.4) is 0 Å². The molecule has 0 atom stereocenters. The van der Waals surface area contributed by atoms with Crippen LogP contribution in [0.25, 0.3) is 0 Å². The van der Waals surface area contributed by atoms with Crippen molar-refractivity contribution in [1.82, 2.24) is 10.6 Å². The van der Waals surface area contributed by atoms with Crippen LogP contribution < -0.4 is 10.6 Å². The van der Waals surface area contributed by atoms with Gasteiger partial charge in [-0.05, 0) is 37.9 Å². The third-order valence-corrected chi connectivity index (χ3v) is 3.13. The van der Waals surface area contributed by atoms with Crippen molar-refractivity contribution in [3.63, 3.8) is 0 Å². The summed E-state index contributed by atoms with van der Waals surface area (Å²) in [6.45, 7) is 1.14. The molecule has 0 spiro atoms. The van der Waals surface area contributed by atoms with Gasteiger partial charge in [-0.15, -0.1) is 0 Å². The Morgan fingerprint density at radius 1 is 1.20 bits per heavy atom. The molecule has 6 heteroatoms. The van der Waals surface area contributed by atoms with Crippen molar-refractivity contribution in [3.8, 4) is 0 Å². The summed E-state index contributed by atoms with van der Waals surface area (Å²) in [6, 6.07) is 5.42. The van der Waals surface area contributed by atoms with Crippen LogP contribution in [0.4, 0.5) is 13.2 Å². The van der Waals surface area contributed by atoms with E-state index in [0.717, 1.165) is 12.6 Å². The van der Waals surface area contributed by atoms with Crippen LogP contribution in [0.1, 0.15) is 35.2 Å². The number of nitrogens with one attached hydrogen (secondary N) is 2. The highest BCUT2D eigenvalue weighted by Crippen LogP contribution is 2.31. The zero-order valence-corrected chi connectivity index (χ0v) is 11.0. The minimum Gasteiger partial charge on any atom is -0.352 e. The van der Waals surface area contributed by atoms with Crippen LogP contribution in [0, 0.1) is 0 Å². The number of alkyl halides is 3. The lowest BCUT2D eigenvalue weighted by atomic mass is 10.1. The van der Waals surface area contributed by atoms with E-state index in [0.29, 0.717) is 19.0 Å². The average molecular weight is 286 g/mol. The Bertz CT molecular complexity index is 470. The number of carbonyl (C=O) groups is 1. The fourth-order valence-corrected chi connectivity index (χ4v) is 1.91. The maximum Gasteiger partial charge on any atom is 0.417 e. The Labute approximate surface area is 115 Å². The van der Waals surface area contributed by atoms with E-state index in [4.69, 9.17) is 0 Å². The van der Waals surface area contributed by atoms with Gasteiger partial charge in [0.2, 0.25) is 0 Å². The molecule has 0 radical (unpaired) electrons. The molecule has 0 saturated heterocycles. The summed E-state index contributed by atoms with van der Waals surface area (Å²) >= 11 is 0. The van der Waals surface area contributed by atoms with Crippen molar-refractivity contribution in [1.29, 1.82) is 0 Å². The second-order valence-electron chi connectivity index (χ2n) is 4.88. The van der Waals surface area contributed by atoms with Crippen molar-refractivity contribution < 1.29 is 18.0 Å². The number of benzene rings is 1. The third-order valence-electron chi connectivity index (χ3n) is 3.13. The summed E-state index contributed by atoms with van der Waals surface area (Å²) in [5.74, 6) is -0.677. The average Bonchev–Trinajstić information content (AvgIpc) is 3.21. The van der Waals surface area contributed by atoms with Crippen molar-refractivity contribution in [2.45, 2.75) is 31.5 Å². The summed E-state index contributed by atoms with van der Waals surface area (Å²) in [6.07, 6.45) is -1.44. The number of amides is 1. The van der Waals surface area contributed by atoms with Crippen molar-refractivity contribution >= 4 is 5.91 Å². The highest BCUT2D eigenvalue weighted by Gasteiger charge is 2.34. The van der Waals surface area contributed by atoms with Gasteiger partial charge in [0, 0.05) is 12.6 Å². The summed E-state index contributed by atoms with van der Waals surface area (Å²) < 4.78 is 38.3. The van der Waals surface area contributed by atoms with Crippen molar-refractivity contribution in [2.24, 2.45) is 0 Å². The predicted octanol–water partition coefficient (Wildman–Crippen LogP) is 2.58. The highest BCUT2D eigenvalue weighted by molar-refractivity contribution is 5.95. The first kappa shape index (κ1) is 14.8. The quantitative estimate of drug-likeness (QED) is 0.789. The van der Waals surface area contributed by atoms with E-state index < -0.39 is 17.6 Å². The van der Waals surface area contributed by atoms with Gasteiger partial charge in [-0.3, -0.25) is 4.79 Å². The van der Waals surface area contributed by atoms with E-state index in [-0.39, 0.29) is 5.56 Å². The van der Waals surface area contributed by atoms with Gasteiger partial charge in [0.05, 0.1) is 11.1 Å². The molecular formula is C14H17F3N2O. The van der Waals surface area contributed by atoms with Crippen LogP contribution in [0.15, 0.2) is 24.3 Å². The van der Waals surface area contributed by atoms with Gasteiger partial charge in [0.25, 0.3) is 5.91 Å². The highest BCUT2D eigenvalue weighted by atomic mass is 19.4. The van der Waals surface area contributed by atoms with E-state index in [1.54, 1.807) is 0 Å². The van der Waals surface area contributed by atoms with Crippen LogP contribution in [-0.2, 0) is 6.18 Å². The minimum absolute atomic E-state index is 0.324. The van der Waals surface area contributed by atoms with E-state index in [1.807, 2.05) is 0 Å². The summed E-state index contributed by atoms with van der Waals surface area (Å²) in [5.41, 5.74) is -1.22. The first-order valence-corrected chi connectivity index (χ1v) is 6.66. The zero-order valence-electron chi connectivity index (χ0n) is 11.0. The molecule has 0 bridgehead atoms. The molecule has 2 rings (SSSR count). The molecular weight excluding hydrogens is 269 g/mol. The summed E-state index contributed by atoms with van der Waals surface area (Å²) in [7, 11) is 0. The molecule has 0 heterocycles. The van der Waals surface area contributed by atoms with Gasteiger partial charge in [0.1, 0.15) is 0 Å². The number of rotatable bonds is 6. The first-order valence-electron chi connectivity index (χ1n) is 6.66. The maximum atomic E-state index is 12.8. The van der Waals surface area contributed by atoms with E-state index in [2.05, 4.69) is 10.6 Å². The molecule has 1 aromatic rings. The number of hydrogen-bond donors (Lipinski definition) is 2. The standard InChI is InChI=1S/C14H17F3N2O/c15-14(16,17)12-5-2-1-4-11(12)13(20)19-9-3-8-18-10-6-7-10/h1-2,4-5,10,18H,3,6-9H2,(H,19,20). The third kappa shape index (κ3) is 4.23. The van der Waals surface area contributed by atoms with E-state index in [9.17, 15) is 18.0 Å². The molecule has 0 aliphatic heterocycles. The lowest BCUT2D eigenvalue weighted by Crippen LogP contribution is -2.29. The molecule has 1 fully saturated rings. The van der Waals surface area contributed by atoms with Crippen LogP contribution in [0.2, 0.25) is 0 Å². The SMILES string of the molecule is O=C(NCCCNC1CC1)c1ccccc1C(F)(F)F. The molecule has 110 valence electrons. The van der Waals surface area contributed by atoms with Crippen molar-refractivity contribution in [3.05, 3.63) is 35.4 Å². The monoisotopic (exact) mass is 286 g/mol. The number of carbonyl (C=O) groups excluding carboxylic acids is 1. The predicted molar refractivity (Wildman–Crippen MR) is 69.4 cm³/mol. The normalized spacial score (nSPS) is 15.2. The summed E-state index contributed by atoms with van der Waals surface area (Å²) in [5, 5.41) is 5.80. The molecule has 20 heavy (non-hydrogen) atoms. The van der Waals surface area contributed by atoms with Gasteiger partial charge in [0.15, 0.2) is 0 Å². The smallest absolute Gasteiger partial charge is 0.352 e. The van der Waals surface area contributed by atoms with Gasteiger partial charge < -0.3 is 10.6 Å². The fraction of sp³-hybridized carbons (Fsp3) is 0.500. The molecule has 1 aliphatic rings. The Hall–Kier alpha value is -1.56.